The molecule has 0 bridgehead atoms. The molecule has 2 heterocycles. The first-order chi connectivity index (χ1) is 12.1. The van der Waals surface area contributed by atoms with Crippen LogP contribution in [-0.2, 0) is 24.1 Å². The van der Waals surface area contributed by atoms with E-state index in [1.54, 1.807) is 0 Å². The molecule has 130 valence electrons. The summed E-state index contributed by atoms with van der Waals surface area (Å²) in [6, 6.07) is 11.7. The zero-order valence-corrected chi connectivity index (χ0v) is 18.9. The third-order valence-corrected chi connectivity index (χ3v) is 4.93. The molecule has 3 rings (SSSR count). The maximum atomic E-state index is 11.5. The quantitative estimate of drug-likeness (QED) is 0.654. The van der Waals surface area contributed by atoms with Gasteiger partial charge in [0.25, 0.3) is 0 Å². The molecule has 5 nitrogen and oxygen atoms in total. The van der Waals surface area contributed by atoms with Gasteiger partial charge in [0.1, 0.15) is 11.0 Å². The van der Waals surface area contributed by atoms with Crippen LogP contribution < -0.4 is 56.1 Å². The molecule has 1 aliphatic heterocycles. The number of carbonyl (C=O) groups excluding carboxylic acids is 2. The Labute approximate surface area is 200 Å². The summed E-state index contributed by atoms with van der Waals surface area (Å²) in [5.41, 5.74) is 3.23. The van der Waals surface area contributed by atoms with Crippen molar-refractivity contribution in [1.29, 1.82) is 0 Å². The van der Waals surface area contributed by atoms with Crippen LogP contribution in [0.25, 0.3) is 5.32 Å². The Morgan fingerprint density at radius 2 is 1.85 bits per heavy atom. The van der Waals surface area contributed by atoms with E-state index in [9.17, 15) is 9.59 Å². The van der Waals surface area contributed by atoms with E-state index in [1.165, 1.54) is 5.56 Å². The number of aryl methyl sites for hydroxylation is 1. The van der Waals surface area contributed by atoms with Gasteiger partial charge < -0.3 is 19.6 Å². The molecule has 1 aromatic heterocycles. The predicted octanol–water partition coefficient (Wildman–Crippen LogP) is 0.948. The van der Waals surface area contributed by atoms with Gasteiger partial charge in [-0.2, -0.15) is 0 Å². The van der Waals surface area contributed by atoms with E-state index in [4.69, 9.17) is 4.74 Å². The molecule has 1 fully saturated rings. The van der Waals surface area contributed by atoms with Crippen LogP contribution >= 0.6 is 11.8 Å². The van der Waals surface area contributed by atoms with Gasteiger partial charge in [-0.15, -0.1) is 0 Å². The van der Waals surface area contributed by atoms with Gasteiger partial charge in [0.2, 0.25) is 0 Å². The summed E-state index contributed by atoms with van der Waals surface area (Å²) in [5, 5.41) is 2.63. The normalized spacial score (nSPS) is 16.1. The van der Waals surface area contributed by atoms with Crippen molar-refractivity contribution in [1.82, 2.24) is 4.98 Å². The molecule has 0 aliphatic carbocycles. The standard InChI is InChI=1S/C19H20N2O3S.K/c1-2-13-3-6-15(20-12-13)9-10-24-16-7-4-14(5-8-16)11-17-18(22)21-19(23)25-17;/h3-8,12,17H,2,9-11H2,1H3,(H,21,22,23);/q;+1/p-1/t17-;/m0./s1. The maximum absolute atomic E-state index is 11.5. The topological polar surface area (TPSA) is 70.4 Å². The van der Waals surface area contributed by atoms with Crippen molar-refractivity contribution >= 4 is 22.9 Å². The van der Waals surface area contributed by atoms with Crippen molar-refractivity contribution in [2.45, 2.75) is 31.4 Å². The molecule has 0 radical (unpaired) electrons. The van der Waals surface area contributed by atoms with E-state index in [-0.39, 0.29) is 57.3 Å². The second-order valence-electron chi connectivity index (χ2n) is 5.78. The molecule has 2 amide bonds. The monoisotopic (exact) mass is 394 g/mol. The fraction of sp³-hybridized carbons (Fsp3) is 0.316. The Bertz CT molecular complexity index is 750. The number of pyridine rings is 1. The Morgan fingerprint density at radius 3 is 2.42 bits per heavy atom. The number of amides is 2. The number of carbonyl (C=O) groups is 2. The first-order valence-corrected chi connectivity index (χ1v) is 9.13. The van der Waals surface area contributed by atoms with Gasteiger partial charge in [0.05, 0.1) is 17.8 Å². The van der Waals surface area contributed by atoms with Crippen LogP contribution in [0.4, 0.5) is 4.79 Å². The minimum absolute atomic E-state index is 0. The van der Waals surface area contributed by atoms with Gasteiger partial charge >= 0.3 is 51.4 Å². The van der Waals surface area contributed by atoms with Gasteiger partial charge in [-0.25, -0.2) is 0 Å². The van der Waals surface area contributed by atoms with Crippen molar-refractivity contribution in [3.05, 3.63) is 64.7 Å². The van der Waals surface area contributed by atoms with E-state index in [0.29, 0.717) is 13.0 Å². The van der Waals surface area contributed by atoms with Crippen LogP contribution in [-0.4, -0.2) is 28.0 Å². The third kappa shape index (κ3) is 6.18. The summed E-state index contributed by atoms with van der Waals surface area (Å²) in [6.45, 7) is 2.67. The smallest absolute Gasteiger partial charge is 0.585 e. The van der Waals surface area contributed by atoms with Crippen molar-refractivity contribution in [3.8, 4) is 5.75 Å². The van der Waals surface area contributed by atoms with Crippen molar-refractivity contribution in [3.63, 3.8) is 0 Å². The van der Waals surface area contributed by atoms with Crippen LogP contribution in [0.1, 0.15) is 23.7 Å². The molecule has 2 aromatic rings. The number of hydrogen-bond acceptors (Lipinski definition) is 5. The number of aromatic nitrogens is 1. The van der Waals surface area contributed by atoms with Crippen molar-refractivity contribution in [2.75, 3.05) is 6.61 Å². The Hall–Kier alpha value is -0.704. The number of ether oxygens (including phenoxy) is 1. The molecule has 0 spiro atoms. The number of thioether (sulfide) groups is 1. The first-order valence-electron chi connectivity index (χ1n) is 8.26. The zero-order valence-electron chi connectivity index (χ0n) is 15.0. The first kappa shape index (κ1) is 21.6. The minimum Gasteiger partial charge on any atom is -0.585 e. The summed E-state index contributed by atoms with van der Waals surface area (Å²) in [4.78, 5) is 27.1. The van der Waals surface area contributed by atoms with Gasteiger partial charge in [-0.05, 0) is 42.2 Å². The van der Waals surface area contributed by atoms with Gasteiger partial charge in [0, 0.05) is 18.3 Å². The molecular weight excluding hydrogens is 375 g/mol. The number of imide groups is 1. The Morgan fingerprint density at radius 1 is 1.12 bits per heavy atom. The second-order valence-corrected chi connectivity index (χ2v) is 6.93. The van der Waals surface area contributed by atoms with E-state index in [1.807, 2.05) is 36.5 Å². The predicted molar refractivity (Wildman–Crippen MR) is 98.1 cm³/mol. The average molecular weight is 395 g/mol. The summed E-state index contributed by atoms with van der Waals surface area (Å²) < 4.78 is 5.74. The van der Waals surface area contributed by atoms with E-state index >= 15 is 0 Å². The van der Waals surface area contributed by atoms with Gasteiger partial charge in [0.15, 0.2) is 0 Å². The summed E-state index contributed by atoms with van der Waals surface area (Å²) in [6.07, 6.45) is 4.15. The maximum Gasteiger partial charge on any atom is 1.00 e. The number of rotatable bonds is 7. The number of benzene rings is 1. The van der Waals surface area contributed by atoms with E-state index in [2.05, 4.69) is 23.3 Å². The Kier molecular flexibility index (Phi) is 8.79. The molecule has 0 saturated carbocycles. The molecule has 1 aliphatic rings. The van der Waals surface area contributed by atoms with Crippen molar-refractivity contribution < 1.29 is 65.7 Å². The average Bonchev–Trinajstić information content (AvgIpc) is 2.94. The van der Waals surface area contributed by atoms with Crippen LogP contribution in [0.15, 0.2) is 42.6 Å². The van der Waals surface area contributed by atoms with Crippen LogP contribution in [0.2, 0.25) is 0 Å². The van der Waals surface area contributed by atoms with Crippen LogP contribution in [0.5, 0.6) is 5.75 Å². The largest absolute Gasteiger partial charge is 1.00 e. The molecule has 1 aromatic carbocycles. The number of hydrogen-bond donors (Lipinski definition) is 0. The fourth-order valence-corrected chi connectivity index (χ4v) is 3.33. The molecular formula is C19H19KN2O3S. The van der Waals surface area contributed by atoms with Gasteiger partial charge in [-0.3, -0.25) is 4.98 Å². The van der Waals surface area contributed by atoms with E-state index in [0.717, 1.165) is 41.6 Å². The van der Waals surface area contributed by atoms with Crippen LogP contribution in [0, 0.1) is 0 Å². The summed E-state index contributed by atoms with van der Waals surface area (Å²) in [7, 11) is 0. The minimum atomic E-state index is -0.393. The molecule has 26 heavy (non-hydrogen) atoms. The Balaban J connectivity index is 0.00000243. The van der Waals surface area contributed by atoms with Crippen LogP contribution in [0.3, 0.4) is 0 Å². The second kappa shape index (κ2) is 10.6. The molecule has 1 atom stereocenters. The SMILES string of the molecule is CCc1ccc(CCOc2ccc(C[C@@H]3SC(=O)[N-]C3=O)cc2)nc1.[K+]. The summed E-state index contributed by atoms with van der Waals surface area (Å²) >= 11 is 0.993. The van der Waals surface area contributed by atoms with E-state index < -0.39 is 10.5 Å². The molecule has 1 saturated heterocycles. The van der Waals surface area contributed by atoms with Gasteiger partial charge in [-0.1, -0.05) is 36.9 Å². The molecule has 0 unspecified atom stereocenters. The zero-order chi connectivity index (χ0) is 17.6. The fourth-order valence-electron chi connectivity index (χ4n) is 2.51. The summed E-state index contributed by atoms with van der Waals surface area (Å²) in [5.74, 6) is 0.442. The molecule has 0 N–H and O–H groups in total. The number of nitrogens with zero attached hydrogens (tertiary/aromatic N) is 2. The van der Waals surface area contributed by atoms with Crippen molar-refractivity contribution in [2.24, 2.45) is 0 Å². The molecule has 7 heteroatoms. The third-order valence-electron chi connectivity index (χ3n) is 3.99.